The number of ether oxygens (including phenoxy) is 1. The number of aromatic nitrogens is 2. The molecule has 1 saturated carbocycles. The fourth-order valence-electron chi connectivity index (χ4n) is 3.22. The topological polar surface area (TPSA) is 44.1 Å². The Balaban J connectivity index is 1.73. The van der Waals surface area contributed by atoms with E-state index >= 15 is 4.39 Å². The van der Waals surface area contributed by atoms with Gasteiger partial charge in [-0.05, 0) is 42.5 Å². The number of hydrogen-bond acceptors (Lipinski definition) is 3. The van der Waals surface area contributed by atoms with Gasteiger partial charge in [0.1, 0.15) is 12.1 Å². The van der Waals surface area contributed by atoms with Gasteiger partial charge in [0.15, 0.2) is 11.6 Å². The van der Waals surface area contributed by atoms with Gasteiger partial charge < -0.3 is 9.30 Å². The second-order valence-electron chi connectivity index (χ2n) is 7.23. The lowest BCUT2D eigenvalue weighted by Crippen LogP contribution is -2.15. The molecule has 1 aliphatic carbocycles. The number of aryl methyl sites for hydroxylation is 1. The van der Waals surface area contributed by atoms with Crippen LogP contribution in [0.15, 0.2) is 30.6 Å². The molecule has 0 aliphatic heterocycles. The van der Waals surface area contributed by atoms with E-state index in [0.717, 1.165) is 12.8 Å². The Bertz CT molecular complexity index is 1060. The second-order valence-corrected chi connectivity index (χ2v) is 8.08. The molecule has 0 N–H and O–H groups in total. The predicted octanol–water partition coefficient (Wildman–Crippen LogP) is 5.22. The van der Waals surface area contributed by atoms with Crippen LogP contribution in [0, 0.1) is 11.7 Å². The van der Waals surface area contributed by atoms with Crippen molar-refractivity contribution >= 4 is 40.0 Å². The molecule has 2 aromatic carbocycles. The van der Waals surface area contributed by atoms with Crippen LogP contribution in [0.5, 0.6) is 0 Å². The van der Waals surface area contributed by atoms with E-state index in [9.17, 15) is 4.79 Å². The standard InChI is InChI=1S/C21H19Cl2FN2O2/c1-26-11-25-21-18(26)8-15(19(27)10-28-9-12-2-3-12)16(20(21)24)6-13-4-5-14(22)7-17(13)23/h4-5,7-8,11-12H,2-3,6,9-10H2,1H3. The van der Waals surface area contributed by atoms with E-state index in [-0.39, 0.29) is 29.9 Å². The fraction of sp³-hybridized carbons (Fsp3) is 0.333. The molecule has 1 aromatic heterocycles. The molecular weight excluding hydrogens is 402 g/mol. The van der Waals surface area contributed by atoms with Crippen molar-refractivity contribution in [3.8, 4) is 0 Å². The average molecular weight is 421 g/mol. The third kappa shape index (κ3) is 3.93. The van der Waals surface area contributed by atoms with E-state index < -0.39 is 5.82 Å². The average Bonchev–Trinajstić information content (AvgIpc) is 3.40. The van der Waals surface area contributed by atoms with Crippen molar-refractivity contribution in [1.29, 1.82) is 0 Å². The first-order valence-corrected chi connectivity index (χ1v) is 9.87. The minimum Gasteiger partial charge on any atom is -0.373 e. The first-order chi connectivity index (χ1) is 13.4. The van der Waals surface area contributed by atoms with Crippen molar-refractivity contribution in [3.05, 3.63) is 63.1 Å². The molecule has 0 unspecified atom stereocenters. The first-order valence-electron chi connectivity index (χ1n) is 9.11. The van der Waals surface area contributed by atoms with Gasteiger partial charge in [-0.1, -0.05) is 29.3 Å². The second kappa shape index (κ2) is 7.82. The summed E-state index contributed by atoms with van der Waals surface area (Å²) in [4.78, 5) is 17.0. The number of carbonyl (C=O) groups excluding carboxylic acids is 1. The Labute approximate surface area is 172 Å². The summed E-state index contributed by atoms with van der Waals surface area (Å²) < 4.78 is 22.6. The quantitative estimate of drug-likeness (QED) is 0.492. The molecule has 1 aliphatic rings. The zero-order valence-corrected chi connectivity index (χ0v) is 16.9. The van der Waals surface area contributed by atoms with Gasteiger partial charge in [-0.15, -0.1) is 0 Å². The van der Waals surface area contributed by atoms with Gasteiger partial charge in [0.25, 0.3) is 0 Å². The van der Waals surface area contributed by atoms with Crippen LogP contribution < -0.4 is 0 Å². The van der Waals surface area contributed by atoms with Crippen LogP contribution in [0.1, 0.15) is 34.3 Å². The molecule has 0 spiro atoms. The zero-order chi connectivity index (χ0) is 19.8. The van der Waals surface area contributed by atoms with E-state index in [1.54, 1.807) is 35.9 Å². The highest BCUT2D eigenvalue weighted by Crippen LogP contribution is 2.31. The lowest BCUT2D eigenvalue weighted by Gasteiger charge is -2.13. The Morgan fingerprint density at radius 2 is 2.11 bits per heavy atom. The van der Waals surface area contributed by atoms with Crippen LogP contribution in [-0.4, -0.2) is 28.5 Å². The van der Waals surface area contributed by atoms with E-state index in [0.29, 0.717) is 39.2 Å². The van der Waals surface area contributed by atoms with Crippen molar-refractivity contribution < 1.29 is 13.9 Å². The molecule has 0 saturated heterocycles. The maximum absolute atomic E-state index is 15.3. The van der Waals surface area contributed by atoms with Crippen LogP contribution in [0.4, 0.5) is 4.39 Å². The zero-order valence-electron chi connectivity index (χ0n) is 15.3. The van der Waals surface area contributed by atoms with E-state index in [1.807, 2.05) is 0 Å². The molecule has 0 bridgehead atoms. The SMILES string of the molecule is Cn1cnc2c(F)c(Cc3ccc(Cl)cc3Cl)c(C(=O)COCC3CC3)cc21. The minimum atomic E-state index is -0.505. The number of Topliss-reactive ketones (excluding diaryl/α,β-unsaturated/α-hetero) is 1. The van der Waals surface area contributed by atoms with E-state index in [4.69, 9.17) is 27.9 Å². The molecule has 0 radical (unpaired) electrons. The lowest BCUT2D eigenvalue weighted by molar-refractivity contribution is 0.0738. The van der Waals surface area contributed by atoms with Crippen molar-refractivity contribution in [3.63, 3.8) is 0 Å². The summed E-state index contributed by atoms with van der Waals surface area (Å²) in [6, 6.07) is 6.73. The van der Waals surface area contributed by atoms with Crippen molar-refractivity contribution in [2.24, 2.45) is 13.0 Å². The molecule has 146 valence electrons. The van der Waals surface area contributed by atoms with Crippen molar-refractivity contribution in [2.45, 2.75) is 19.3 Å². The largest absolute Gasteiger partial charge is 0.373 e. The number of ketones is 1. The molecule has 0 amide bonds. The maximum atomic E-state index is 15.3. The summed E-state index contributed by atoms with van der Waals surface area (Å²) in [6.07, 6.45) is 3.98. The maximum Gasteiger partial charge on any atom is 0.188 e. The molecule has 0 atom stereocenters. The number of hydrogen-bond donors (Lipinski definition) is 0. The molecule has 7 heteroatoms. The van der Waals surface area contributed by atoms with E-state index in [1.165, 1.54) is 6.33 Å². The van der Waals surface area contributed by atoms with Gasteiger partial charge in [0, 0.05) is 34.6 Å². The molecule has 3 aromatic rings. The van der Waals surface area contributed by atoms with Crippen LogP contribution >= 0.6 is 23.2 Å². The number of rotatable bonds is 7. The van der Waals surface area contributed by atoms with Gasteiger partial charge >= 0.3 is 0 Å². The highest BCUT2D eigenvalue weighted by atomic mass is 35.5. The summed E-state index contributed by atoms with van der Waals surface area (Å²) >= 11 is 12.2. The summed E-state index contributed by atoms with van der Waals surface area (Å²) in [5.41, 5.74) is 2.06. The number of halogens is 3. The number of benzene rings is 2. The smallest absolute Gasteiger partial charge is 0.188 e. The molecule has 28 heavy (non-hydrogen) atoms. The van der Waals surface area contributed by atoms with Crippen LogP contribution in [0.25, 0.3) is 11.0 Å². The Morgan fingerprint density at radius 3 is 2.82 bits per heavy atom. The highest BCUT2D eigenvalue weighted by molar-refractivity contribution is 6.35. The summed E-state index contributed by atoms with van der Waals surface area (Å²) in [5, 5.41) is 0.926. The third-order valence-electron chi connectivity index (χ3n) is 5.03. The Hall–Kier alpha value is -1.95. The highest BCUT2D eigenvalue weighted by Gasteiger charge is 2.24. The van der Waals surface area contributed by atoms with Crippen molar-refractivity contribution in [2.75, 3.05) is 13.2 Å². The van der Waals surface area contributed by atoms with Gasteiger partial charge in [0.05, 0.1) is 18.5 Å². The third-order valence-corrected chi connectivity index (χ3v) is 5.62. The summed E-state index contributed by atoms with van der Waals surface area (Å²) in [7, 11) is 1.77. The van der Waals surface area contributed by atoms with E-state index in [2.05, 4.69) is 4.98 Å². The van der Waals surface area contributed by atoms with Gasteiger partial charge in [0.2, 0.25) is 0 Å². The lowest BCUT2D eigenvalue weighted by atomic mass is 9.95. The predicted molar refractivity (Wildman–Crippen MR) is 108 cm³/mol. The van der Waals surface area contributed by atoms with Crippen LogP contribution in [0.2, 0.25) is 10.0 Å². The first kappa shape index (κ1) is 19.4. The van der Waals surface area contributed by atoms with Gasteiger partial charge in [-0.25, -0.2) is 9.37 Å². The molecule has 4 rings (SSSR count). The monoisotopic (exact) mass is 420 g/mol. The number of nitrogens with zero attached hydrogens (tertiary/aromatic N) is 2. The van der Waals surface area contributed by atoms with Crippen molar-refractivity contribution in [1.82, 2.24) is 9.55 Å². The van der Waals surface area contributed by atoms with Gasteiger partial charge in [-0.3, -0.25) is 4.79 Å². The van der Waals surface area contributed by atoms with Crippen LogP contribution in [-0.2, 0) is 18.2 Å². The molecule has 4 nitrogen and oxygen atoms in total. The summed E-state index contributed by atoms with van der Waals surface area (Å²) in [6.45, 7) is 0.501. The van der Waals surface area contributed by atoms with Gasteiger partial charge in [-0.2, -0.15) is 0 Å². The normalized spacial score (nSPS) is 14.0. The molecule has 1 fully saturated rings. The van der Waals surface area contributed by atoms with Crippen LogP contribution in [0.3, 0.4) is 0 Å². The minimum absolute atomic E-state index is 0.0688. The molecular formula is C21H19Cl2FN2O2. The number of carbonyl (C=O) groups is 1. The number of fused-ring (bicyclic) bond motifs is 1. The number of imidazole rings is 1. The summed E-state index contributed by atoms with van der Waals surface area (Å²) in [5.74, 6) is -0.200. The Morgan fingerprint density at radius 1 is 1.32 bits per heavy atom. The Kier molecular flexibility index (Phi) is 5.41. The fourth-order valence-corrected chi connectivity index (χ4v) is 3.70. The molecule has 1 heterocycles.